The number of hydrogen-bond donors (Lipinski definition) is 2. The van der Waals surface area contributed by atoms with Crippen molar-refractivity contribution in [3.63, 3.8) is 0 Å². The second-order valence-corrected chi connectivity index (χ2v) is 43.3. The Morgan fingerprint density at radius 2 is 0.641 bits per heavy atom. The van der Waals surface area contributed by atoms with Gasteiger partial charge in [0.25, 0.3) is 0 Å². The summed E-state index contributed by atoms with van der Waals surface area (Å²) in [4.78, 5) is 52.5. The normalized spacial score (nSPS) is 22.7. The van der Waals surface area contributed by atoms with Crippen molar-refractivity contribution in [2.75, 3.05) is 259 Å². The number of rotatable bonds is 14. The van der Waals surface area contributed by atoms with Gasteiger partial charge in [0.05, 0.1) is 44.2 Å². The van der Waals surface area contributed by atoms with E-state index in [1.165, 1.54) is 154 Å². The largest absolute Gasteiger partial charge is 0.387 e. The molecule has 0 unspecified atom stereocenters. The van der Waals surface area contributed by atoms with Crippen LogP contribution in [0.4, 0.5) is 0 Å². The van der Waals surface area contributed by atoms with Crippen LogP contribution in [0.2, 0.25) is 0 Å². The van der Waals surface area contributed by atoms with Crippen LogP contribution in [0.5, 0.6) is 0 Å². The Morgan fingerprint density at radius 3 is 0.872 bits per heavy atom. The van der Waals surface area contributed by atoms with Gasteiger partial charge in [-0.2, -0.15) is 16.1 Å². The van der Waals surface area contributed by atoms with Gasteiger partial charge in [-0.05, 0) is 256 Å². The lowest BCUT2D eigenvalue weighted by molar-refractivity contribution is -0.136. The number of morpholine rings is 1. The molecule has 12 heterocycles. The number of ether oxygens (including phenoxy) is 2. The highest BCUT2D eigenvalue weighted by Crippen LogP contribution is 2.34. The van der Waals surface area contributed by atoms with E-state index >= 15 is 0 Å². The topological polar surface area (TPSA) is 199 Å². The molecule has 0 aromatic heterocycles. The first kappa shape index (κ1) is 114. The third kappa shape index (κ3) is 51.7. The number of piperazine rings is 4. The van der Waals surface area contributed by atoms with E-state index in [0.29, 0.717) is 73.3 Å². The number of piperidine rings is 2. The number of hydrogen-bond acceptors (Lipinski definition) is 22. The first-order chi connectivity index (χ1) is 55.0. The quantitative estimate of drug-likeness (QED) is 0.166. The lowest BCUT2D eigenvalue weighted by Gasteiger charge is -2.41. The molecule has 0 radical (unpaired) electrons. The van der Waals surface area contributed by atoms with Crippen LogP contribution in [0.25, 0.3) is 0 Å². The fourth-order valence-electron chi connectivity index (χ4n) is 15.1. The maximum atomic E-state index is 11.2. The van der Waals surface area contributed by atoms with Crippen molar-refractivity contribution in [3.8, 4) is 0 Å². The van der Waals surface area contributed by atoms with Gasteiger partial charge in [-0.25, -0.2) is 16.8 Å². The monoisotopic (exact) mass is 1720 g/mol. The van der Waals surface area contributed by atoms with Gasteiger partial charge in [0, 0.05) is 234 Å². The number of carbonyl (C=O) groups excluding carboxylic acids is 2. The van der Waals surface area contributed by atoms with Crippen molar-refractivity contribution in [2.24, 2.45) is 11.3 Å². The van der Waals surface area contributed by atoms with Gasteiger partial charge in [-0.1, -0.05) is 33.6 Å². The first-order valence-corrected chi connectivity index (χ1v) is 51.7. The Morgan fingerprint density at radius 1 is 0.368 bits per heavy atom. The molecule has 27 heteroatoms. The predicted molar refractivity (Wildman–Crippen MR) is 501 cm³/mol. The summed E-state index contributed by atoms with van der Waals surface area (Å²) in [6.45, 7) is 92.5. The summed E-state index contributed by atoms with van der Waals surface area (Å²) < 4.78 is 56.2. The van der Waals surface area contributed by atoms with Gasteiger partial charge in [-0.3, -0.25) is 43.9 Å². The maximum Gasteiger partial charge on any atom is 0.248 e. The summed E-state index contributed by atoms with van der Waals surface area (Å²) in [6.07, 6.45) is 14.1. The number of nitrogens with one attached hydrogen (secondary N) is 1. The molecule has 0 spiro atoms. The highest BCUT2D eigenvalue weighted by atomic mass is 32.2. The van der Waals surface area contributed by atoms with E-state index in [9.17, 15) is 26.4 Å². The van der Waals surface area contributed by atoms with Crippen LogP contribution in [0.3, 0.4) is 0 Å². The minimum atomic E-state index is -2.97. The molecule has 12 aliphatic rings. The number of sulfone groups is 1. The molecule has 12 fully saturated rings. The lowest BCUT2D eigenvalue weighted by atomic mass is 9.78. The van der Waals surface area contributed by atoms with Crippen LogP contribution in [0.1, 0.15) is 238 Å². The molecule has 12 aliphatic heterocycles. The van der Waals surface area contributed by atoms with Gasteiger partial charge >= 0.3 is 0 Å². The average Bonchev–Trinajstić information content (AvgIpc) is 1.13. The minimum absolute atomic E-state index is 0.150. The number of thioether (sulfide) groups is 1. The van der Waals surface area contributed by atoms with Gasteiger partial charge in [-0.15, -0.1) is 0 Å². The van der Waals surface area contributed by atoms with Crippen LogP contribution in [0.15, 0.2) is 0 Å². The number of sulfonamides is 1. The second kappa shape index (κ2) is 63.5. The zero-order valence-corrected chi connectivity index (χ0v) is 83.5. The minimum Gasteiger partial charge on any atom is -0.387 e. The Kier molecular flexibility index (Phi) is 61.6. The van der Waals surface area contributed by atoms with Crippen molar-refractivity contribution in [1.29, 1.82) is 0 Å². The third-order valence-electron chi connectivity index (χ3n) is 25.0. The fourth-order valence-corrected chi connectivity index (χ4v) is 18.1. The molecular weight excluding hydrogens is 1530 g/mol. The van der Waals surface area contributed by atoms with Crippen molar-refractivity contribution < 1.29 is 41.0 Å². The standard InChI is InChI=1S/C9H18N2O2.C9H18N2O.C8H18N2O2S.2C8H17N.C7H16N2.C7H15NO2S.C7H15NO.C7H15NS.C7H15N.C7H14O.C6H13N/c1-8(2)10-3-5-11(6-4-10)9(13)7-12;1-8(2)10-4-6-11(7-5-10)9(3)12;1-8(2)9-4-6-10(7-5-9)13(3,11)12;2*1-8(2)9-6-4-3-5-7-9;1-7(2)9-5-3-8-4-6-9;1-7(2)8-3-5-11(9,10)6-4-8;2*1-7(2)8-3-5-9-6-4-8;1-7(2)8-5-3-4-6-8;1-6(2)7(3)4-8-5-7;1-6(2)7-4-3-5-7/h8,12H,3-7H2,1-2H3;8H,4-7H2,1-3H3;8H,4-7H2,1-3H3;2*8H,3-7H2,1-2H3;7-8H,3-6H2,1-2H3;7H,3-6H2,1-2H3;2*7H,3-6H2,1-2H3;7H,3-6H2,1-2H3;6H,4-5H2,1-3H3;6H,3-5H2,1-2H3. The first-order valence-electron chi connectivity index (χ1n) is 46.8. The molecule has 0 aromatic rings. The van der Waals surface area contributed by atoms with Gasteiger partial charge in [0.1, 0.15) is 6.61 Å². The summed E-state index contributed by atoms with van der Waals surface area (Å²) in [6, 6.07) is 7.42. The SMILES string of the molecule is CC(=O)N1CCN(C(C)C)CC1.CC(C)C1(C)COC1.CC(C)N1CCC1.CC(C)N1CCCC1.CC(C)N1CCCCC1.CC(C)N1CCCCC1.CC(C)N1CCN(C(=O)CO)CC1.CC(C)N1CCN(S(C)(=O)=O)CC1.CC(C)N1CCNCC1.CC(C)N1CCOCC1.CC(C)N1CCS(=O)(=O)CC1.CC(C)N1CCSCC1. The van der Waals surface area contributed by atoms with Gasteiger partial charge in [0.2, 0.25) is 21.8 Å². The molecule has 2 amide bonds. The summed E-state index contributed by atoms with van der Waals surface area (Å²) in [5, 5.41) is 12.0. The summed E-state index contributed by atoms with van der Waals surface area (Å²) in [7, 11) is -5.66. The molecule has 0 atom stereocenters. The van der Waals surface area contributed by atoms with Crippen molar-refractivity contribution in [2.45, 2.75) is 304 Å². The molecule has 2 N–H and O–H groups in total. The van der Waals surface area contributed by atoms with Crippen molar-refractivity contribution >= 4 is 43.4 Å². The molecule has 698 valence electrons. The van der Waals surface area contributed by atoms with E-state index in [-0.39, 0.29) is 18.4 Å². The molecular formula is C90H191N15O9S3. The highest BCUT2D eigenvalue weighted by molar-refractivity contribution is 7.99. The number of carbonyl (C=O) groups is 2. The van der Waals surface area contributed by atoms with Gasteiger partial charge < -0.3 is 49.3 Å². The average molecular weight is 1720 g/mol. The third-order valence-corrected chi connectivity index (χ3v) is 28.9. The number of amides is 2. The second-order valence-electron chi connectivity index (χ2n) is 37.7. The van der Waals surface area contributed by atoms with E-state index in [4.69, 9.17) is 14.6 Å². The molecule has 0 bridgehead atoms. The molecule has 0 aromatic carbocycles. The van der Waals surface area contributed by atoms with Crippen LogP contribution in [-0.2, 0) is 38.9 Å². The number of aliphatic hydroxyl groups excluding tert-OH is 1. The Balaban J connectivity index is 0.000000641. The summed E-state index contributed by atoms with van der Waals surface area (Å²) >= 11 is 2.07. The van der Waals surface area contributed by atoms with Crippen LogP contribution in [0, 0.1) is 11.3 Å². The van der Waals surface area contributed by atoms with E-state index < -0.39 is 19.9 Å². The van der Waals surface area contributed by atoms with E-state index in [0.717, 1.165) is 160 Å². The number of aliphatic hydroxyl groups is 1. The zero-order chi connectivity index (χ0) is 88.4. The lowest BCUT2D eigenvalue weighted by Crippen LogP contribution is -2.51. The summed E-state index contributed by atoms with van der Waals surface area (Å²) in [5.74, 6) is 4.17. The maximum absolute atomic E-state index is 11.2. The molecule has 117 heavy (non-hydrogen) atoms. The van der Waals surface area contributed by atoms with Gasteiger partial charge in [0.15, 0.2) is 9.84 Å². The van der Waals surface area contributed by atoms with Crippen molar-refractivity contribution in [3.05, 3.63) is 0 Å². The smallest absolute Gasteiger partial charge is 0.248 e. The van der Waals surface area contributed by atoms with E-state index in [1.54, 1.807) is 16.1 Å². The van der Waals surface area contributed by atoms with Crippen LogP contribution < -0.4 is 5.32 Å². The molecule has 0 saturated carbocycles. The summed E-state index contributed by atoms with van der Waals surface area (Å²) in [5.41, 5.74) is 0.500. The molecule has 12 rings (SSSR count). The Labute approximate surface area is 727 Å². The van der Waals surface area contributed by atoms with E-state index in [1.807, 2.05) is 4.90 Å². The zero-order valence-electron chi connectivity index (χ0n) is 81.1. The number of nitrogens with zero attached hydrogens (tertiary/aromatic N) is 14. The number of likely N-dealkylation sites (tertiary alicyclic amines) is 4. The Hall–Kier alpha value is -1.45. The van der Waals surface area contributed by atoms with Crippen LogP contribution in [-0.4, -0.2) is 427 Å². The molecule has 24 nitrogen and oxygen atoms in total. The molecule has 12 saturated heterocycles. The fraction of sp³-hybridized carbons (Fsp3) is 0.978. The molecule has 0 aliphatic carbocycles. The van der Waals surface area contributed by atoms with E-state index in [2.05, 4.69) is 244 Å². The van der Waals surface area contributed by atoms with Crippen molar-refractivity contribution in [1.82, 2.24) is 73.3 Å². The predicted octanol–water partition coefficient (Wildman–Crippen LogP) is 10.7. The van der Waals surface area contributed by atoms with Crippen LogP contribution >= 0.6 is 11.8 Å². The Bertz CT molecular complexity index is 2490. The highest BCUT2D eigenvalue weighted by Gasteiger charge is 2.36.